The summed E-state index contributed by atoms with van der Waals surface area (Å²) in [6.07, 6.45) is 0.484. The fraction of sp³-hybridized carbons (Fsp3) is 0.500. The lowest BCUT2D eigenvalue weighted by Gasteiger charge is -2.21. The molecule has 0 aliphatic heterocycles. The van der Waals surface area contributed by atoms with Gasteiger partial charge in [-0.15, -0.1) is 0 Å². The first-order valence-corrected chi connectivity index (χ1v) is 5.66. The number of rotatable bonds is 4. The highest BCUT2D eigenvalue weighted by Crippen LogP contribution is 2.19. The van der Waals surface area contributed by atoms with Gasteiger partial charge in [0.25, 0.3) is 0 Å². The van der Waals surface area contributed by atoms with Crippen LogP contribution in [0.25, 0.3) is 0 Å². The van der Waals surface area contributed by atoms with E-state index in [1.165, 1.54) is 11.1 Å². The Balaban J connectivity index is 2.89. The van der Waals surface area contributed by atoms with Crippen LogP contribution in [0, 0.1) is 19.3 Å². The van der Waals surface area contributed by atoms with Gasteiger partial charge >= 0.3 is 0 Å². The van der Waals surface area contributed by atoms with E-state index in [-0.39, 0.29) is 5.78 Å². The maximum absolute atomic E-state index is 12.0. The number of aryl methyl sites for hydroxylation is 2. The molecule has 0 atom stereocenters. The summed E-state index contributed by atoms with van der Waals surface area (Å²) in [6, 6.07) is 6.21. The molecule has 0 aliphatic carbocycles. The summed E-state index contributed by atoms with van der Waals surface area (Å²) in [5.74, 6) is 0.212. The molecule has 2 nitrogen and oxygen atoms in total. The molecule has 0 radical (unpaired) electrons. The van der Waals surface area contributed by atoms with Gasteiger partial charge in [0.1, 0.15) is 5.78 Å². The van der Waals surface area contributed by atoms with Gasteiger partial charge in [0.15, 0.2) is 0 Å². The Morgan fingerprint density at radius 1 is 1.31 bits per heavy atom. The Hall–Kier alpha value is -1.15. The quantitative estimate of drug-likeness (QED) is 0.845. The van der Waals surface area contributed by atoms with Gasteiger partial charge in [0.2, 0.25) is 0 Å². The molecule has 0 saturated heterocycles. The second-order valence-corrected chi connectivity index (χ2v) is 5.12. The summed E-state index contributed by atoms with van der Waals surface area (Å²) in [5, 5.41) is 0. The molecule has 0 fully saturated rings. The van der Waals surface area contributed by atoms with Gasteiger partial charge in [-0.25, -0.2) is 0 Å². The molecule has 2 heteroatoms. The number of carbonyl (C=O) groups excluding carboxylic acids is 1. The van der Waals surface area contributed by atoms with Crippen molar-refractivity contribution < 1.29 is 4.79 Å². The lowest BCUT2D eigenvalue weighted by molar-refractivity contribution is -0.125. The van der Waals surface area contributed by atoms with Crippen molar-refractivity contribution in [2.24, 2.45) is 11.1 Å². The molecule has 1 aromatic carbocycles. The van der Waals surface area contributed by atoms with Gasteiger partial charge < -0.3 is 5.73 Å². The van der Waals surface area contributed by atoms with Gasteiger partial charge in [-0.2, -0.15) is 0 Å². The van der Waals surface area contributed by atoms with Crippen molar-refractivity contribution in [3.63, 3.8) is 0 Å². The highest BCUT2D eigenvalue weighted by Gasteiger charge is 2.25. The predicted molar refractivity (Wildman–Crippen MR) is 67.5 cm³/mol. The largest absolute Gasteiger partial charge is 0.329 e. The SMILES string of the molecule is Cc1ccc(C)c(CC(=O)C(C)(C)CN)c1. The zero-order chi connectivity index (χ0) is 12.3. The van der Waals surface area contributed by atoms with E-state index in [2.05, 4.69) is 18.2 Å². The molecule has 0 aromatic heterocycles. The molecule has 88 valence electrons. The van der Waals surface area contributed by atoms with Crippen molar-refractivity contribution >= 4 is 5.78 Å². The maximum atomic E-state index is 12.0. The lowest BCUT2D eigenvalue weighted by atomic mass is 9.84. The summed E-state index contributed by atoms with van der Waals surface area (Å²) in [7, 11) is 0. The number of hydrogen-bond acceptors (Lipinski definition) is 2. The fourth-order valence-corrected chi connectivity index (χ4v) is 1.52. The first-order chi connectivity index (χ1) is 7.36. The second-order valence-electron chi connectivity index (χ2n) is 5.12. The summed E-state index contributed by atoms with van der Waals surface area (Å²) < 4.78 is 0. The Kier molecular flexibility index (Phi) is 3.87. The molecule has 2 N–H and O–H groups in total. The van der Waals surface area contributed by atoms with Crippen molar-refractivity contribution in [3.8, 4) is 0 Å². The van der Waals surface area contributed by atoms with E-state index in [0.29, 0.717) is 13.0 Å². The monoisotopic (exact) mass is 219 g/mol. The fourth-order valence-electron chi connectivity index (χ4n) is 1.52. The van der Waals surface area contributed by atoms with Crippen LogP contribution in [0.5, 0.6) is 0 Å². The second kappa shape index (κ2) is 4.79. The zero-order valence-electron chi connectivity index (χ0n) is 10.6. The normalized spacial score (nSPS) is 11.6. The minimum absolute atomic E-state index is 0.212. The summed E-state index contributed by atoms with van der Waals surface area (Å²) in [6.45, 7) is 8.29. The van der Waals surface area contributed by atoms with Crippen LogP contribution in [0.4, 0.5) is 0 Å². The molecule has 0 saturated carbocycles. The van der Waals surface area contributed by atoms with Crippen molar-refractivity contribution in [3.05, 3.63) is 34.9 Å². The van der Waals surface area contributed by atoms with Crippen molar-refractivity contribution in [2.45, 2.75) is 34.1 Å². The third kappa shape index (κ3) is 2.92. The standard InChI is InChI=1S/C14H21NO/c1-10-5-6-11(2)12(7-10)8-13(16)14(3,4)9-15/h5-7H,8-9,15H2,1-4H3. The third-order valence-electron chi connectivity index (χ3n) is 3.12. The Morgan fingerprint density at radius 3 is 2.50 bits per heavy atom. The highest BCUT2D eigenvalue weighted by molar-refractivity contribution is 5.86. The third-order valence-corrected chi connectivity index (χ3v) is 3.12. The van der Waals surface area contributed by atoms with Crippen molar-refractivity contribution in [1.82, 2.24) is 0 Å². The molecule has 0 unspecified atom stereocenters. The minimum atomic E-state index is -0.420. The highest BCUT2D eigenvalue weighted by atomic mass is 16.1. The van der Waals surface area contributed by atoms with Gasteiger partial charge in [-0.05, 0) is 25.0 Å². The molecule has 0 amide bonds. The first-order valence-electron chi connectivity index (χ1n) is 5.66. The molecule has 0 heterocycles. The van der Waals surface area contributed by atoms with Gasteiger partial charge in [-0.3, -0.25) is 4.79 Å². The number of hydrogen-bond donors (Lipinski definition) is 1. The van der Waals surface area contributed by atoms with Crippen LogP contribution < -0.4 is 5.73 Å². The van der Waals surface area contributed by atoms with E-state index in [0.717, 1.165) is 5.56 Å². The van der Waals surface area contributed by atoms with Gasteiger partial charge in [0, 0.05) is 18.4 Å². The smallest absolute Gasteiger partial charge is 0.144 e. The molecule has 1 aromatic rings. The minimum Gasteiger partial charge on any atom is -0.329 e. The average molecular weight is 219 g/mol. The predicted octanol–water partition coefficient (Wildman–Crippen LogP) is 2.40. The van der Waals surface area contributed by atoms with Crippen molar-refractivity contribution in [2.75, 3.05) is 6.54 Å². The summed E-state index contributed by atoms with van der Waals surface area (Å²) in [5.41, 5.74) is 8.67. The maximum Gasteiger partial charge on any atom is 0.144 e. The Labute approximate surface area is 97.9 Å². The van der Waals surface area contributed by atoms with E-state index in [9.17, 15) is 4.79 Å². The molecule has 1 rings (SSSR count). The van der Waals surface area contributed by atoms with Crippen LogP contribution in [0.15, 0.2) is 18.2 Å². The van der Waals surface area contributed by atoms with Crippen LogP contribution >= 0.6 is 0 Å². The Morgan fingerprint density at radius 2 is 1.94 bits per heavy atom. The van der Waals surface area contributed by atoms with E-state index >= 15 is 0 Å². The average Bonchev–Trinajstić information content (AvgIpc) is 2.23. The van der Waals surface area contributed by atoms with Gasteiger partial charge in [-0.1, -0.05) is 37.6 Å². The van der Waals surface area contributed by atoms with E-state index < -0.39 is 5.41 Å². The lowest BCUT2D eigenvalue weighted by Crippen LogP contribution is -2.34. The first kappa shape index (κ1) is 12.9. The van der Waals surface area contributed by atoms with E-state index in [1.807, 2.05) is 27.7 Å². The van der Waals surface area contributed by atoms with Crippen molar-refractivity contribution in [1.29, 1.82) is 0 Å². The summed E-state index contributed by atoms with van der Waals surface area (Å²) >= 11 is 0. The van der Waals surface area contributed by atoms with E-state index in [1.54, 1.807) is 0 Å². The van der Waals surface area contributed by atoms with Crippen LogP contribution in [0.2, 0.25) is 0 Å². The topological polar surface area (TPSA) is 43.1 Å². The molecular formula is C14H21NO. The Bertz CT molecular complexity index is 394. The number of carbonyl (C=O) groups is 1. The zero-order valence-corrected chi connectivity index (χ0v) is 10.6. The van der Waals surface area contributed by atoms with Crippen LogP contribution in [0.1, 0.15) is 30.5 Å². The molecule has 0 aliphatic rings. The molecule has 0 spiro atoms. The number of ketones is 1. The van der Waals surface area contributed by atoms with Gasteiger partial charge in [0.05, 0.1) is 0 Å². The molecule has 0 bridgehead atoms. The number of nitrogens with two attached hydrogens (primary N) is 1. The number of Topliss-reactive ketones (excluding diaryl/α,β-unsaturated/α-hetero) is 1. The molecule has 16 heavy (non-hydrogen) atoms. The van der Waals surface area contributed by atoms with Crippen LogP contribution in [0.3, 0.4) is 0 Å². The molecular weight excluding hydrogens is 198 g/mol. The summed E-state index contributed by atoms with van der Waals surface area (Å²) in [4.78, 5) is 12.0. The van der Waals surface area contributed by atoms with Crippen LogP contribution in [-0.4, -0.2) is 12.3 Å². The van der Waals surface area contributed by atoms with E-state index in [4.69, 9.17) is 5.73 Å². The number of benzene rings is 1. The van der Waals surface area contributed by atoms with Crippen LogP contribution in [-0.2, 0) is 11.2 Å².